The number of aromatic nitrogens is 1. The number of benzene rings is 3. The Morgan fingerprint density at radius 3 is 2.28 bits per heavy atom. The second-order valence-corrected chi connectivity index (χ2v) is 8.44. The first kappa shape index (κ1) is 20.6. The van der Waals surface area contributed by atoms with E-state index in [1.807, 2.05) is 60.7 Å². The minimum Gasteiger partial charge on any atom is -0.472 e. The van der Waals surface area contributed by atoms with E-state index >= 15 is 0 Å². The lowest BCUT2D eigenvalue weighted by Crippen LogP contribution is -2.11. The van der Waals surface area contributed by atoms with Crippen LogP contribution < -0.4 is 4.74 Å². The van der Waals surface area contributed by atoms with Crippen molar-refractivity contribution in [1.82, 2.24) is 4.98 Å². The molecule has 0 saturated heterocycles. The Hall–Kier alpha value is -3.32. The summed E-state index contributed by atoms with van der Waals surface area (Å²) in [6.07, 6.45) is 1.66. The fourth-order valence-corrected chi connectivity index (χ4v) is 4.65. The molecule has 32 heavy (non-hydrogen) atoms. The Morgan fingerprint density at radius 1 is 0.844 bits per heavy atom. The van der Waals surface area contributed by atoms with Crippen LogP contribution in [0.4, 0.5) is 0 Å². The number of hydrogen-bond donors (Lipinski definition) is 0. The number of rotatable bonds is 4. The Labute approximate surface area is 196 Å². The summed E-state index contributed by atoms with van der Waals surface area (Å²) in [5.74, 6) is 0.290. The van der Waals surface area contributed by atoms with Crippen molar-refractivity contribution in [2.45, 2.75) is 19.4 Å². The lowest BCUT2D eigenvalue weighted by molar-refractivity contribution is 0.293. The minimum absolute atomic E-state index is 0.212. The predicted octanol–water partition coefficient (Wildman–Crippen LogP) is 7.27. The molecular formula is C27H18Cl2N2O. The zero-order chi connectivity index (χ0) is 22.1. The maximum Gasteiger partial charge on any atom is 0.233 e. The highest BCUT2D eigenvalue weighted by molar-refractivity contribution is 6.33. The molecule has 0 fully saturated rings. The van der Waals surface area contributed by atoms with Crippen LogP contribution in [0.2, 0.25) is 10.0 Å². The first-order chi connectivity index (χ1) is 15.7. The van der Waals surface area contributed by atoms with Crippen LogP contribution in [0.1, 0.15) is 22.3 Å². The van der Waals surface area contributed by atoms with Gasteiger partial charge in [0.15, 0.2) is 0 Å². The quantitative estimate of drug-likeness (QED) is 0.324. The average molecular weight is 457 g/mol. The van der Waals surface area contributed by atoms with E-state index in [2.05, 4.69) is 18.2 Å². The second-order valence-electron chi connectivity index (χ2n) is 7.62. The summed E-state index contributed by atoms with van der Waals surface area (Å²) in [7, 11) is 0. The van der Waals surface area contributed by atoms with E-state index in [1.165, 1.54) is 5.56 Å². The lowest BCUT2D eigenvalue weighted by atomic mass is 9.83. The monoisotopic (exact) mass is 456 g/mol. The topological polar surface area (TPSA) is 45.9 Å². The molecule has 1 aliphatic carbocycles. The van der Waals surface area contributed by atoms with Crippen molar-refractivity contribution in [2.24, 2.45) is 0 Å². The van der Waals surface area contributed by atoms with Crippen LogP contribution in [0.3, 0.4) is 0 Å². The molecule has 0 aliphatic heterocycles. The van der Waals surface area contributed by atoms with Gasteiger partial charge in [-0.15, -0.1) is 0 Å². The molecule has 5 heteroatoms. The number of fused-ring (bicyclic) bond motifs is 3. The third kappa shape index (κ3) is 3.62. The maximum atomic E-state index is 10.2. The molecule has 0 bridgehead atoms. The van der Waals surface area contributed by atoms with E-state index in [4.69, 9.17) is 32.9 Å². The van der Waals surface area contributed by atoms with Crippen LogP contribution in [0.5, 0.6) is 5.88 Å². The Balaban J connectivity index is 1.73. The molecule has 0 spiro atoms. The van der Waals surface area contributed by atoms with Gasteiger partial charge in [0.25, 0.3) is 0 Å². The molecule has 0 radical (unpaired) electrons. The molecule has 3 nitrogen and oxygen atoms in total. The zero-order valence-corrected chi connectivity index (χ0v) is 18.6. The van der Waals surface area contributed by atoms with Crippen molar-refractivity contribution in [3.63, 3.8) is 0 Å². The second kappa shape index (κ2) is 8.67. The first-order valence-electron chi connectivity index (χ1n) is 10.3. The van der Waals surface area contributed by atoms with Crippen LogP contribution in [-0.2, 0) is 19.4 Å². The molecule has 0 amide bonds. The molecule has 0 N–H and O–H groups in total. The summed E-state index contributed by atoms with van der Waals surface area (Å²) in [6, 6.07) is 25.7. The molecule has 156 valence electrons. The summed E-state index contributed by atoms with van der Waals surface area (Å²) in [4.78, 5) is 4.86. The number of nitrogens with zero attached hydrogens (tertiary/aromatic N) is 2. The van der Waals surface area contributed by atoms with Gasteiger partial charge in [-0.05, 0) is 36.1 Å². The van der Waals surface area contributed by atoms with Gasteiger partial charge in [0.2, 0.25) is 5.88 Å². The van der Waals surface area contributed by atoms with Crippen LogP contribution in [0.15, 0.2) is 72.8 Å². The summed E-state index contributed by atoms with van der Waals surface area (Å²) in [5.41, 5.74) is 7.00. The number of ether oxygens (including phenoxy) is 1. The number of nitriles is 1. The molecule has 0 unspecified atom stereocenters. The molecular weight excluding hydrogens is 439 g/mol. The van der Waals surface area contributed by atoms with Crippen molar-refractivity contribution >= 4 is 23.2 Å². The smallest absolute Gasteiger partial charge is 0.233 e. The van der Waals surface area contributed by atoms with Crippen LogP contribution in [-0.4, -0.2) is 4.98 Å². The molecule has 1 heterocycles. The number of halogens is 2. The van der Waals surface area contributed by atoms with E-state index in [9.17, 15) is 5.26 Å². The average Bonchev–Trinajstić information content (AvgIpc) is 2.83. The van der Waals surface area contributed by atoms with Gasteiger partial charge in [-0.25, -0.2) is 4.98 Å². The Bertz CT molecular complexity index is 1370. The maximum absolute atomic E-state index is 10.2. The van der Waals surface area contributed by atoms with E-state index < -0.39 is 0 Å². The molecule has 0 atom stereocenters. The van der Waals surface area contributed by atoms with Gasteiger partial charge in [-0.1, -0.05) is 83.9 Å². The van der Waals surface area contributed by atoms with Crippen LogP contribution in [0, 0.1) is 11.3 Å². The van der Waals surface area contributed by atoms with E-state index in [0.29, 0.717) is 15.6 Å². The Morgan fingerprint density at radius 2 is 1.53 bits per heavy atom. The molecule has 0 saturated carbocycles. The molecule has 3 aromatic carbocycles. The largest absolute Gasteiger partial charge is 0.472 e. The summed E-state index contributed by atoms with van der Waals surface area (Å²) < 4.78 is 6.12. The van der Waals surface area contributed by atoms with Gasteiger partial charge in [-0.3, -0.25) is 0 Å². The first-order valence-corrected chi connectivity index (χ1v) is 11.1. The van der Waals surface area contributed by atoms with Gasteiger partial charge < -0.3 is 4.74 Å². The molecule has 1 aliphatic rings. The van der Waals surface area contributed by atoms with Gasteiger partial charge in [0.05, 0.1) is 5.69 Å². The van der Waals surface area contributed by atoms with E-state index in [1.54, 1.807) is 0 Å². The minimum atomic E-state index is 0.212. The number of aryl methyl sites for hydroxylation is 1. The lowest BCUT2D eigenvalue weighted by Gasteiger charge is -2.24. The third-order valence-electron chi connectivity index (χ3n) is 5.76. The standard InChI is InChI=1S/C27H18Cl2N2O/c28-23-11-5-2-8-18(23)16-32-27-22(15-30)25(20-10-4-6-12-24(20)29)21-14-13-17-7-1-3-9-19(17)26(21)31-27/h1-12H,13-14,16H2. The number of hydrogen-bond acceptors (Lipinski definition) is 3. The van der Waals surface area contributed by atoms with Crippen molar-refractivity contribution in [3.8, 4) is 34.3 Å². The van der Waals surface area contributed by atoms with Crippen molar-refractivity contribution < 1.29 is 4.74 Å². The van der Waals surface area contributed by atoms with Crippen LogP contribution in [0.25, 0.3) is 22.4 Å². The fraction of sp³-hybridized carbons (Fsp3) is 0.111. The highest BCUT2D eigenvalue weighted by Gasteiger charge is 2.27. The van der Waals surface area contributed by atoms with Crippen molar-refractivity contribution in [2.75, 3.05) is 0 Å². The highest BCUT2D eigenvalue weighted by Crippen LogP contribution is 2.44. The number of pyridine rings is 1. The normalized spacial score (nSPS) is 11.9. The summed E-state index contributed by atoms with van der Waals surface area (Å²) >= 11 is 12.9. The highest BCUT2D eigenvalue weighted by atomic mass is 35.5. The fourth-order valence-electron chi connectivity index (χ4n) is 4.23. The summed E-state index contributed by atoms with van der Waals surface area (Å²) in [5, 5.41) is 11.4. The zero-order valence-electron chi connectivity index (χ0n) is 17.1. The Kier molecular flexibility index (Phi) is 5.57. The summed E-state index contributed by atoms with van der Waals surface area (Å²) in [6.45, 7) is 0.212. The predicted molar refractivity (Wildman–Crippen MR) is 128 cm³/mol. The van der Waals surface area contributed by atoms with E-state index in [0.717, 1.165) is 46.4 Å². The molecule has 1 aromatic heterocycles. The van der Waals surface area contributed by atoms with Gasteiger partial charge in [0, 0.05) is 32.3 Å². The van der Waals surface area contributed by atoms with Gasteiger partial charge >= 0.3 is 0 Å². The SMILES string of the molecule is N#Cc1c(OCc2ccccc2Cl)nc2c(c1-c1ccccc1Cl)CCc1ccccc1-2. The van der Waals surface area contributed by atoms with Crippen molar-refractivity contribution in [1.29, 1.82) is 5.26 Å². The van der Waals surface area contributed by atoms with E-state index in [-0.39, 0.29) is 12.5 Å². The van der Waals surface area contributed by atoms with Gasteiger partial charge in [0.1, 0.15) is 18.2 Å². The van der Waals surface area contributed by atoms with Crippen molar-refractivity contribution in [3.05, 3.63) is 105 Å². The third-order valence-corrected chi connectivity index (χ3v) is 6.46. The van der Waals surface area contributed by atoms with Crippen LogP contribution >= 0.6 is 23.2 Å². The molecule has 4 aromatic rings. The van der Waals surface area contributed by atoms with Gasteiger partial charge in [-0.2, -0.15) is 5.26 Å². The molecule has 5 rings (SSSR count).